The van der Waals surface area contributed by atoms with Crippen molar-refractivity contribution in [1.82, 2.24) is 10.3 Å². The van der Waals surface area contributed by atoms with Gasteiger partial charge in [0.15, 0.2) is 0 Å². The van der Waals surface area contributed by atoms with Crippen LogP contribution in [0.25, 0.3) is 10.9 Å². The number of fused-ring (bicyclic) bond motifs is 1. The minimum absolute atomic E-state index is 0.0914. The Hall–Kier alpha value is -2.01. The summed E-state index contributed by atoms with van der Waals surface area (Å²) in [6.07, 6.45) is 2.30. The number of ether oxygens (including phenoxy) is 1. The monoisotopic (exact) mass is 346 g/mol. The fraction of sp³-hybridized carbons (Fsp3) is 0.500. The van der Waals surface area contributed by atoms with Crippen molar-refractivity contribution in [2.24, 2.45) is 5.92 Å². The second kappa shape index (κ2) is 7.91. The van der Waals surface area contributed by atoms with Gasteiger partial charge in [-0.3, -0.25) is 9.78 Å². The van der Waals surface area contributed by atoms with Gasteiger partial charge in [0.05, 0.1) is 23.8 Å². The van der Waals surface area contributed by atoms with Gasteiger partial charge < -0.3 is 10.1 Å². The number of hydrogen-bond donors (Lipinski definition) is 1. The van der Waals surface area contributed by atoms with E-state index >= 15 is 0 Å². The maximum Gasteiger partial charge on any atom is 0.253 e. The van der Waals surface area contributed by atoms with E-state index in [-0.39, 0.29) is 23.3 Å². The summed E-state index contributed by atoms with van der Waals surface area (Å²) in [7, 11) is 0. The summed E-state index contributed by atoms with van der Waals surface area (Å²) in [5.41, 5.74) is 0.205. The van der Waals surface area contributed by atoms with Crippen LogP contribution in [0.5, 0.6) is 0 Å². The molecule has 5 heteroatoms. The highest BCUT2D eigenvalue weighted by Gasteiger charge is 2.29. The number of amides is 1. The Morgan fingerprint density at radius 2 is 2.04 bits per heavy atom. The van der Waals surface area contributed by atoms with Gasteiger partial charge >= 0.3 is 0 Å². The molecule has 0 aliphatic heterocycles. The number of pyridine rings is 1. The third-order valence-electron chi connectivity index (χ3n) is 3.93. The molecule has 0 radical (unpaired) electrons. The Kier molecular flexibility index (Phi) is 6.11. The van der Waals surface area contributed by atoms with Crippen LogP contribution in [0.2, 0.25) is 0 Å². The number of aromatic nitrogens is 1. The van der Waals surface area contributed by atoms with E-state index in [1.54, 1.807) is 18.2 Å². The molecular weight excluding hydrogens is 319 g/mol. The standard InChI is InChI=1S/C20H27FN2O2/c1-13(2)10-20(5,12-25-14(3)4)23-19(24)16-9-15-7-6-8-17(21)18(15)22-11-16/h6-9,11,13-14H,10,12H2,1-5H3,(H,23,24). The van der Waals surface area contributed by atoms with E-state index in [0.29, 0.717) is 23.5 Å². The van der Waals surface area contributed by atoms with E-state index in [2.05, 4.69) is 24.1 Å². The number of hydrogen-bond acceptors (Lipinski definition) is 3. The maximum atomic E-state index is 13.7. The number of halogens is 1. The van der Waals surface area contributed by atoms with Gasteiger partial charge in [-0.1, -0.05) is 26.0 Å². The van der Waals surface area contributed by atoms with Crippen LogP contribution in [-0.4, -0.2) is 29.1 Å². The molecule has 2 rings (SSSR count). The summed E-state index contributed by atoms with van der Waals surface area (Å²) >= 11 is 0. The fourth-order valence-corrected chi connectivity index (χ4v) is 2.99. The normalized spacial score (nSPS) is 14.1. The van der Waals surface area contributed by atoms with Gasteiger partial charge in [0.2, 0.25) is 0 Å². The molecule has 1 heterocycles. The van der Waals surface area contributed by atoms with Gasteiger partial charge in [-0.2, -0.15) is 0 Å². The molecule has 1 aromatic heterocycles. The highest BCUT2D eigenvalue weighted by molar-refractivity contribution is 5.97. The van der Waals surface area contributed by atoms with Crippen molar-refractivity contribution in [2.75, 3.05) is 6.61 Å². The van der Waals surface area contributed by atoms with Gasteiger partial charge in [-0.05, 0) is 45.2 Å². The number of rotatable bonds is 7. The van der Waals surface area contributed by atoms with Gasteiger partial charge in [0.1, 0.15) is 11.3 Å². The second-order valence-corrected chi connectivity index (χ2v) is 7.51. The molecule has 136 valence electrons. The number of benzene rings is 1. The molecule has 4 nitrogen and oxygen atoms in total. The van der Waals surface area contributed by atoms with Crippen LogP contribution in [0.1, 0.15) is 51.4 Å². The summed E-state index contributed by atoms with van der Waals surface area (Å²) in [5, 5.41) is 3.69. The summed E-state index contributed by atoms with van der Waals surface area (Å²) in [6, 6.07) is 6.38. The summed E-state index contributed by atoms with van der Waals surface area (Å²) in [6.45, 7) is 10.6. The predicted molar refractivity (Wildman–Crippen MR) is 98.1 cm³/mol. The van der Waals surface area contributed by atoms with E-state index < -0.39 is 5.54 Å². The van der Waals surface area contributed by atoms with Crippen LogP contribution in [0.4, 0.5) is 4.39 Å². The first-order valence-electron chi connectivity index (χ1n) is 8.68. The van der Waals surface area contributed by atoms with Crippen LogP contribution in [0.3, 0.4) is 0 Å². The van der Waals surface area contributed by atoms with Gasteiger partial charge in [0.25, 0.3) is 5.91 Å². The van der Waals surface area contributed by atoms with Crippen LogP contribution in [0, 0.1) is 11.7 Å². The van der Waals surface area contributed by atoms with Gasteiger partial charge in [-0.15, -0.1) is 0 Å². The number of nitrogens with one attached hydrogen (secondary N) is 1. The predicted octanol–water partition coefficient (Wildman–Crippen LogP) is 4.33. The smallest absolute Gasteiger partial charge is 0.253 e. The molecule has 0 bridgehead atoms. The van der Waals surface area contributed by atoms with Gasteiger partial charge in [0, 0.05) is 11.6 Å². The average Bonchev–Trinajstić information content (AvgIpc) is 2.52. The lowest BCUT2D eigenvalue weighted by atomic mass is 9.91. The van der Waals surface area contributed by atoms with Crippen molar-refractivity contribution in [3.05, 3.63) is 41.8 Å². The van der Waals surface area contributed by atoms with Crippen molar-refractivity contribution in [1.29, 1.82) is 0 Å². The molecule has 1 N–H and O–H groups in total. The third kappa shape index (κ3) is 5.23. The van der Waals surface area contributed by atoms with Crippen molar-refractivity contribution in [2.45, 2.75) is 52.7 Å². The number of para-hydroxylation sites is 1. The van der Waals surface area contributed by atoms with Crippen LogP contribution < -0.4 is 5.32 Å². The quantitative estimate of drug-likeness (QED) is 0.812. The van der Waals surface area contributed by atoms with E-state index in [4.69, 9.17) is 4.74 Å². The number of carbonyl (C=O) groups is 1. The molecule has 1 aromatic carbocycles. The van der Waals surface area contributed by atoms with E-state index in [1.807, 2.05) is 20.8 Å². The van der Waals surface area contributed by atoms with Crippen molar-refractivity contribution in [3.8, 4) is 0 Å². The highest BCUT2D eigenvalue weighted by atomic mass is 19.1. The molecule has 25 heavy (non-hydrogen) atoms. The molecule has 1 amide bonds. The molecule has 0 aliphatic rings. The maximum absolute atomic E-state index is 13.7. The topological polar surface area (TPSA) is 51.2 Å². The molecule has 0 aliphatic carbocycles. The Bertz CT molecular complexity index is 746. The summed E-state index contributed by atoms with van der Waals surface area (Å²) < 4.78 is 19.5. The molecule has 0 fully saturated rings. The molecule has 1 atom stereocenters. The molecule has 2 aromatic rings. The summed E-state index contributed by atoms with van der Waals surface area (Å²) in [4.78, 5) is 16.8. The first kappa shape index (κ1) is 19.3. The largest absolute Gasteiger partial charge is 0.376 e. The minimum atomic E-state index is -0.480. The zero-order chi connectivity index (χ0) is 18.6. The minimum Gasteiger partial charge on any atom is -0.376 e. The first-order chi connectivity index (χ1) is 11.7. The Labute approximate surface area is 148 Å². The fourth-order valence-electron chi connectivity index (χ4n) is 2.99. The van der Waals surface area contributed by atoms with Crippen molar-refractivity contribution in [3.63, 3.8) is 0 Å². The lowest BCUT2D eigenvalue weighted by Gasteiger charge is -2.33. The van der Waals surface area contributed by atoms with E-state index in [0.717, 1.165) is 6.42 Å². The lowest BCUT2D eigenvalue weighted by molar-refractivity contribution is 0.0252. The van der Waals surface area contributed by atoms with Crippen molar-refractivity contribution >= 4 is 16.8 Å². The van der Waals surface area contributed by atoms with E-state index in [1.165, 1.54) is 12.3 Å². The number of nitrogens with zero attached hydrogens (tertiary/aromatic N) is 1. The van der Waals surface area contributed by atoms with E-state index in [9.17, 15) is 9.18 Å². The molecular formula is C20H27FN2O2. The molecule has 0 saturated heterocycles. The Morgan fingerprint density at radius 1 is 1.32 bits per heavy atom. The van der Waals surface area contributed by atoms with Gasteiger partial charge in [-0.25, -0.2) is 4.39 Å². The lowest BCUT2D eigenvalue weighted by Crippen LogP contribution is -2.50. The molecule has 0 saturated carbocycles. The average molecular weight is 346 g/mol. The molecule has 1 unspecified atom stereocenters. The third-order valence-corrected chi connectivity index (χ3v) is 3.93. The van der Waals surface area contributed by atoms with Crippen molar-refractivity contribution < 1.29 is 13.9 Å². The zero-order valence-electron chi connectivity index (χ0n) is 15.6. The number of carbonyl (C=O) groups excluding carboxylic acids is 1. The van der Waals surface area contributed by atoms with Crippen LogP contribution >= 0.6 is 0 Å². The highest BCUT2D eigenvalue weighted by Crippen LogP contribution is 2.20. The second-order valence-electron chi connectivity index (χ2n) is 7.51. The summed E-state index contributed by atoms with van der Waals surface area (Å²) in [5.74, 6) is -0.210. The SMILES string of the molecule is CC(C)CC(C)(COC(C)C)NC(=O)c1cnc2c(F)cccc2c1. The first-order valence-corrected chi connectivity index (χ1v) is 8.68. The Morgan fingerprint density at radius 3 is 2.68 bits per heavy atom. The molecule has 0 spiro atoms. The van der Waals surface area contributed by atoms with Crippen LogP contribution in [0.15, 0.2) is 30.5 Å². The van der Waals surface area contributed by atoms with Crippen LogP contribution in [-0.2, 0) is 4.74 Å². The zero-order valence-corrected chi connectivity index (χ0v) is 15.6. The Balaban J connectivity index is 2.22.